The van der Waals surface area contributed by atoms with Gasteiger partial charge in [0.25, 0.3) is 5.91 Å². The number of carbonyl (C=O) groups excluding carboxylic acids is 1. The largest absolute Gasteiger partial charge is 0.475 e. The average Bonchev–Trinajstić information content (AvgIpc) is 2.53. The summed E-state index contributed by atoms with van der Waals surface area (Å²) < 4.78 is 24.0. The molecule has 0 aliphatic rings. The van der Waals surface area contributed by atoms with E-state index in [0.29, 0.717) is 23.6 Å². The maximum absolute atomic E-state index is 13.3. The van der Waals surface area contributed by atoms with Crippen molar-refractivity contribution in [3.63, 3.8) is 0 Å². The van der Waals surface area contributed by atoms with Gasteiger partial charge in [0.1, 0.15) is 12.4 Å². The molecule has 1 amide bonds. The number of hydrogen-bond acceptors (Lipinski definition) is 4. The summed E-state index contributed by atoms with van der Waals surface area (Å²) >= 11 is 3.16. The van der Waals surface area contributed by atoms with Crippen LogP contribution >= 0.6 is 15.9 Å². The van der Waals surface area contributed by atoms with E-state index in [1.807, 2.05) is 0 Å². The quantitative estimate of drug-likeness (QED) is 0.747. The van der Waals surface area contributed by atoms with Crippen LogP contribution < -0.4 is 10.1 Å². The molecule has 1 heterocycles. The molecule has 1 N–H and O–H groups in total. The van der Waals surface area contributed by atoms with Crippen molar-refractivity contribution in [2.45, 2.75) is 6.54 Å². The lowest BCUT2D eigenvalue weighted by Crippen LogP contribution is -2.23. The van der Waals surface area contributed by atoms with Gasteiger partial charge in [-0.15, -0.1) is 0 Å². The normalized spacial score (nSPS) is 10.4. The van der Waals surface area contributed by atoms with Crippen LogP contribution in [0.1, 0.15) is 15.9 Å². The number of halogens is 2. The van der Waals surface area contributed by atoms with Gasteiger partial charge < -0.3 is 14.8 Å². The van der Waals surface area contributed by atoms with E-state index in [0.717, 1.165) is 5.56 Å². The van der Waals surface area contributed by atoms with Crippen LogP contribution in [-0.2, 0) is 11.3 Å². The summed E-state index contributed by atoms with van der Waals surface area (Å²) in [6.45, 7) is 1.20. The highest BCUT2D eigenvalue weighted by atomic mass is 79.9. The summed E-state index contributed by atoms with van der Waals surface area (Å²) in [6, 6.07) is 7.56. The van der Waals surface area contributed by atoms with Crippen molar-refractivity contribution in [1.29, 1.82) is 0 Å². The van der Waals surface area contributed by atoms with E-state index < -0.39 is 5.82 Å². The van der Waals surface area contributed by atoms with Crippen molar-refractivity contribution in [2.24, 2.45) is 0 Å². The second-order valence-corrected chi connectivity index (χ2v) is 5.60. The van der Waals surface area contributed by atoms with Gasteiger partial charge in [-0.2, -0.15) is 0 Å². The molecule has 0 saturated heterocycles. The molecule has 7 heteroatoms. The first-order valence-electron chi connectivity index (χ1n) is 6.89. The molecule has 0 bridgehead atoms. The van der Waals surface area contributed by atoms with Crippen molar-refractivity contribution >= 4 is 21.8 Å². The van der Waals surface area contributed by atoms with Gasteiger partial charge in [-0.05, 0) is 23.8 Å². The predicted molar refractivity (Wildman–Crippen MR) is 86.9 cm³/mol. The van der Waals surface area contributed by atoms with Crippen molar-refractivity contribution in [3.8, 4) is 5.88 Å². The van der Waals surface area contributed by atoms with Crippen molar-refractivity contribution in [3.05, 3.63) is 57.9 Å². The second kappa shape index (κ2) is 8.59. The Kier molecular flexibility index (Phi) is 6.49. The van der Waals surface area contributed by atoms with Gasteiger partial charge in [0.2, 0.25) is 5.88 Å². The molecule has 0 spiro atoms. The van der Waals surface area contributed by atoms with Gasteiger partial charge in [0.05, 0.1) is 6.61 Å². The molecule has 1 aromatic carbocycles. The number of rotatable bonds is 7. The third-order valence-electron chi connectivity index (χ3n) is 2.91. The van der Waals surface area contributed by atoms with E-state index in [2.05, 4.69) is 26.2 Å². The topological polar surface area (TPSA) is 60.5 Å². The van der Waals surface area contributed by atoms with Crippen LogP contribution in [0.4, 0.5) is 4.39 Å². The van der Waals surface area contributed by atoms with Crippen LogP contribution in [0.15, 0.2) is 41.0 Å². The van der Waals surface area contributed by atoms with Crippen LogP contribution in [0, 0.1) is 5.82 Å². The van der Waals surface area contributed by atoms with Crippen LogP contribution in [0.25, 0.3) is 0 Å². The Morgan fingerprint density at radius 1 is 1.30 bits per heavy atom. The van der Waals surface area contributed by atoms with Gasteiger partial charge >= 0.3 is 0 Å². The Morgan fingerprint density at radius 2 is 2.13 bits per heavy atom. The SMILES string of the molecule is COCCOc1ccc(CNC(=O)c2cc(F)cc(Br)c2)cn1. The Balaban J connectivity index is 1.88. The van der Waals surface area contributed by atoms with Gasteiger partial charge in [-0.1, -0.05) is 22.0 Å². The highest BCUT2D eigenvalue weighted by Gasteiger charge is 2.08. The van der Waals surface area contributed by atoms with Crippen molar-refractivity contribution in [1.82, 2.24) is 10.3 Å². The summed E-state index contributed by atoms with van der Waals surface area (Å²) in [7, 11) is 1.60. The zero-order chi connectivity index (χ0) is 16.7. The van der Waals surface area contributed by atoms with Gasteiger partial charge in [0, 0.05) is 36.0 Å². The highest BCUT2D eigenvalue weighted by molar-refractivity contribution is 9.10. The highest BCUT2D eigenvalue weighted by Crippen LogP contribution is 2.15. The minimum atomic E-state index is -0.469. The van der Waals surface area contributed by atoms with Crippen molar-refractivity contribution in [2.75, 3.05) is 20.3 Å². The number of hydrogen-bond donors (Lipinski definition) is 1. The molecular weight excluding hydrogens is 367 g/mol. The molecule has 0 atom stereocenters. The first kappa shape index (κ1) is 17.4. The van der Waals surface area contributed by atoms with E-state index in [1.165, 1.54) is 12.1 Å². The molecule has 2 rings (SSSR count). The number of nitrogens with zero attached hydrogens (tertiary/aromatic N) is 1. The zero-order valence-electron chi connectivity index (χ0n) is 12.5. The summed E-state index contributed by atoms with van der Waals surface area (Å²) in [4.78, 5) is 16.1. The van der Waals surface area contributed by atoms with Crippen LogP contribution in [0.5, 0.6) is 5.88 Å². The van der Waals surface area contributed by atoms with E-state index in [-0.39, 0.29) is 18.0 Å². The van der Waals surface area contributed by atoms with Crippen LogP contribution in [-0.4, -0.2) is 31.2 Å². The summed E-state index contributed by atoms with van der Waals surface area (Å²) in [6.07, 6.45) is 1.61. The Labute approximate surface area is 142 Å². The van der Waals surface area contributed by atoms with E-state index in [4.69, 9.17) is 9.47 Å². The molecule has 23 heavy (non-hydrogen) atoms. The molecule has 0 saturated carbocycles. The minimum Gasteiger partial charge on any atom is -0.475 e. The molecule has 0 aliphatic heterocycles. The number of carbonyl (C=O) groups is 1. The molecule has 2 aromatic rings. The number of benzene rings is 1. The summed E-state index contributed by atoms with van der Waals surface area (Å²) in [5, 5.41) is 2.71. The van der Waals surface area contributed by atoms with E-state index in [1.54, 1.807) is 31.5 Å². The molecule has 0 unspecified atom stereocenters. The van der Waals surface area contributed by atoms with Crippen molar-refractivity contribution < 1.29 is 18.7 Å². The minimum absolute atomic E-state index is 0.254. The second-order valence-electron chi connectivity index (χ2n) is 4.69. The predicted octanol–water partition coefficient (Wildman–Crippen LogP) is 2.94. The number of amides is 1. The summed E-state index contributed by atoms with van der Waals surface area (Å²) in [5.74, 6) is -0.333. The molecule has 1 aromatic heterocycles. The maximum atomic E-state index is 13.3. The van der Waals surface area contributed by atoms with Gasteiger partial charge in [-0.3, -0.25) is 4.79 Å². The third-order valence-corrected chi connectivity index (χ3v) is 3.37. The van der Waals surface area contributed by atoms with Crippen LogP contribution in [0.3, 0.4) is 0 Å². The fourth-order valence-electron chi connectivity index (χ4n) is 1.80. The molecule has 0 radical (unpaired) electrons. The Hall–Kier alpha value is -1.99. The molecule has 5 nitrogen and oxygen atoms in total. The lowest BCUT2D eigenvalue weighted by Gasteiger charge is -2.07. The maximum Gasteiger partial charge on any atom is 0.251 e. The Bertz CT molecular complexity index is 645. The fourth-order valence-corrected chi connectivity index (χ4v) is 2.27. The monoisotopic (exact) mass is 382 g/mol. The molecule has 0 fully saturated rings. The number of pyridine rings is 1. The standard InChI is InChI=1S/C16H16BrFN2O3/c1-22-4-5-23-15-3-2-11(9-19-15)10-20-16(21)12-6-13(17)8-14(18)7-12/h2-3,6-9H,4-5,10H2,1H3,(H,20,21). The third kappa shape index (κ3) is 5.61. The zero-order valence-corrected chi connectivity index (χ0v) is 14.1. The lowest BCUT2D eigenvalue weighted by atomic mass is 10.2. The Morgan fingerprint density at radius 3 is 2.78 bits per heavy atom. The first-order valence-corrected chi connectivity index (χ1v) is 7.69. The smallest absolute Gasteiger partial charge is 0.251 e. The lowest BCUT2D eigenvalue weighted by molar-refractivity contribution is 0.0950. The van der Waals surface area contributed by atoms with Crippen LogP contribution in [0.2, 0.25) is 0 Å². The fraction of sp³-hybridized carbons (Fsp3) is 0.250. The van der Waals surface area contributed by atoms with E-state index >= 15 is 0 Å². The number of nitrogens with one attached hydrogen (secondary N) is 1. The number of aromatic nitrogens is 1. The van der Waals surface area contributed by atoms with Gasteiger partial charge in [-0.25, -0.2) is 9.37 Å². The van der Waals surface area contributed by atoms with E-state index in [9.17, 15) is 9.18 Å². The average molecular weight is 383 g/mol. The number of ether oxygens (including phenoxy) is 2. The molecular formula is C16H16BrFN2O3. The first-order chi connectivity index (χ1) is 11.1. The molecule has 0 aliphatic carbocycles. The number of methoxy groups -OCH3 is 1. The van der Waals surface area contributed by atoms with Gasteiger partial charge in [0.15, 0.2) is 0 Å². The summed E-state index contributed by atoms with van der Waals surface area (Å²) in [5.41, 5.74) is 1.07. The molecule has 122 valence electrons.